The minimum Gasteiger partial charge on any atom is -0.466 e. The third-order valence-corrected chi connectivity index (χ3v) is 4.02. The maximum atomic E-state index is 11.2. The molecule has 1 rings (SSSR count). The number of hydrogen-bond acceptors (Lipinski definition) is 4. The molecule has 1 heterocycles. The van der Waals surface area contributed by atoms with Gasteiger partial charge in [0, 0.05) is 13.0 Å². The molecule has 1 N–H and O–H groups in total. The molecule has 0 aromatic rings. The van der Waals surface area contributed by atoms with Crippen LogP contribution in [0.5, 0.6) is 0 Å². The van der Waals surface area contributed by atoms with Crippen LogP contribution in [0.3, 0.4) is 0 Å². The van der Waals surface area contributed by atoms with Crippen LogP contribution in [0.15, 0.2) is 0 Å². The first-order valence-corrected chi connectivity index (χ1v) is 8.35. The predicted molar refractivity (Wildman–Crippen MR) is 82.8 cm³/mol. The second-order valence-electron chi connectivity index (χ2n) is 5.72. The van der Waals surface area contributed by atoms with E-state index in [1.54, 1.807) is 0 Å². The van der Waals surface area contributed by atoms with E-state index in [1.165, 1.54) is 38.9 Å². The van der Waals surface area contributed by atoms with E-state index in [0.29, 0.717) is 13.0 Å². The normalized spacial score (nSPS) is 19.2. The van der Waals surface area contributed by atoms with Gasteiger partial charge in [-0.15, -0.1) is 0 Å². The maximum absolute atomic E-state index is 11.2. The van der Waals surface area contributed by atoms with Crippen LogP contribution in [0.1, 0.15) is 52.4 Å². The highest BCUT2D eigenvalue weighted by atomic mass is 16.5. The molecule has 1 atom stereocenters. The molecular weight excluding hydrogens is 252 g/mol. The number of esters is 1. The summed E-state index contributed by atoms with van der Waals surface area (Å²) in [4.78, 5) is 13.8. The minimum absolute atomic E-state index is 0.0480. The Morgan fingerprint density at radius 3 is 2.80 bits per heavy atom. The second kappa shape index (κ2) is 11.1. The summed E-state index contributed by atoms with van der Waals surface area (Å²) in [7, 11) is 0. The number of rotatable bonds is 10. The highest BCUT2D eigenvalue weighted by molar-refractivity contribution is 5.69. The largest absolute Gasteiger partial charge is 0.466 e. The zero-order valence-electron chi connectivity index (χ0n) is 13.3. The Morgan fingerprint density at radius 1 is 1.30 bits per heavy atom. The lowest BCUT2D eigenvalue weighted by Gasteiger charge is -2.29. The number of hydrogen-bond donors (Lipinski definition) is 1. The van der Waals surface area contributed by atoms with Gasteiger partial charge in [-0.25, -0.2) is 0 Å². The summed E-state index contributed by atoms with van der Waals surface area (Å²) >= 11 is 0. The number of unbranched alkanes of at least 4 members (excludes halogenated alkanes) is 2. The number of ether oxygens (including phenoxy) is 1. The molecule has 118 valence electrons. The molecule has 1 aliphatic heterocycles. The topological polar surface area (TPSA) is 41.6 Å². The fraction of sp³-hybridized carbons (Fsp3) is 0.938. The average molecular weight is 284 g/mol. The average Bonchev–Trinajstić information content (AvgIpc) is 2.47. The van der Waals surface area contributed by atoms with Gasteiger partial charge in [0.05, 0.1) is 6.61 Å². The van der Waals surface area contributed by atoms with Crippen molar-refractivity contribution in [1.29, 1.82) is 0 Å². The molecule has 0 saturated carbocycles. The van der Waals surface area contributed by atoms with Crippen molar-refractivity contribution in [2.75, 3.05) is 39.3 Å². The van der Waals surface area contributed by atoms with Gasteiger partial charge in [-0.2, -0.15) is 0 Å². The van der Waals surface area contributed by atoms with E-state index >= 15 is 0 Å². The standard InChI is InChI=1S/C16H32N2O2/c1-3-18(14-15-9-8-11-17-13-15)12-7-5-6-10-16(19)20-4-2/h15,17H,3-14H2,1-2H3. The minimum atomic E-state index is -0.0480. The van der Waals surface area contributed by atoms with Gasteiger partial charge in [-0.1, -0.05) is 13.3 Å². The summed E-state index contributed by atoms with van der Waals surface area (Å²) in [5, 5.41) is 3.49. The van der Waals surface area contributed by atoms with Gasteiger partial charge in [0.15, 0.2) is 0 Å². The summed E-state index contributed by atoms with van der Waals surface area (Å²) < 4.78 is 4.93. The molecule has 0 aromatic heterocycles. The molecule has 4 nitrogen and oxygen atoms in total. The third-order valence-electron chi connectivity index (χ3n) is 4.02. The molecule has 4 heteroatoms. The van der Waals surface area contributed by atoms with Crippen molar-refractivity contribution in [3.63, 3.8) is 0 Å². The van der Waals surface area contributed by atoms with Crippen molar-refractivity contribution in [2.24, 2.45) is 5.92 Å². The van der Waals surface area contributed by atoms with Crippen LogP contribution in [-0.4, -0.2) is 50.2 Å². The van der Waals surface area contributed by atoms with Crippen molar-refractivity contribution < 1.29 is 9.53 Å². The zero-order valence-corrected chi connectivity index (χ0v) is 13.3. The molecule has 0 spiro atoms. The lowest BCUT2D eigenvalue weighted by atomic mass is 9.99. The number of carbonyl (C=O) groups excluding carboxylic acids is 1. The predicted octanol–water partition coefficient (Wildman–Crippen LogP) is 2.43. The lowest BCUT2D eigenvalue weighted by molar-refractivity contribution is -0.143. The molecule has 0 amide bonds. The number of carbonyl (C=O) groups is 1. The monoisotopic (exact) mass is 284 g/mol. The van der Waals surface area contributed by atoms with Gasteiger partial charge in [0.25, 0.3) is 0 Å². The summed E-state index contributed by atoms with van der Waals surface area (Å²) in [6, 6.07) is 0. The van der Waals surface area contributed by atoms with Crippen molar-refractivity contribution >= 4 is 5.97 Å². The number of piperidine rings is 1. The van der Waals surface area contributed by atoms with E-state index in [0.717, 1.165) is 31.8 Å². The van der Waals surface area contributed by atoms with E-state index in [4.69, 9.17) is 4.74 Å². The Hall–Kier alpha value is -0.610. The zero-order chi connectivity index (χ0) is 14.6. The van der Waals surface area contributed by atoms with Crippen LogP contribution in [0.25, 0.3) is 0 Å². The smallest absolute Gasteiger partial charge is 0.305 e. The van der Waals surface area contributed by atoms with Crippen molar-refractivity contribution in [3.8, 4) is 0 Å². The first-order chi connectivity index (χ1) is 9.76. The van der Waals surface area contributed by atoms with E-state index in [1.807, 2.05) is 6.92 Å². The van der Waals surface area contributed by atoms with Crippen LogP contribution in [0.4, 0.5) is 0 Å². The Balaban J connectivity index is 2.04. The highest BCUT2D eigenvalue weighted by Gasteiger charge is 2.15. The van der Waals surface area contributed by atoms with Crippen molar-refractivity contribution in [3.05, 3.63) is 0 Å². The van der Waals surface area contributed by atoms with Gasteiger partial charge < -0.3 is 15.0 Å². The molecule has 1 unspecified atom stereocenters. The van der Waals surface area contributed by atoms with E-state index in [-0.39, 0.29) is 5.97 Å². The molecule has 1 saturated heterocycles. The first kappa shape index (κ1) is 17.4. The summed E-state index contributed by atoms with van der Waals surface area (Å²) in [5.41, 5.74) is 0. The van der Waals surface area contributed by atoms with E-state index < -0.39 is 0 Å². The molecule has 0 aromatic carbocycles. The Labute approximate surface area is 124 Å². The summed E-state index contributed by atoms with van der Waals surface area (Å²) in [6.07, 6.45) is 6.54. The lowest BCUT2D eigenvalue weighted by Crippen LogP contribution is -2.38. The Kier molecular flexibility index (Phi) is 9.67. The highest BCUT2D eigenvalue weighted by Crippen LogP contribution is 2.12. The summed E-state index contributed by atoms with van der Waals surface area (Å²) in [6.45, 7) is 10.5. The van der Waals surface area contributed by atoms with Crippen molar-refractivity contribution in [1.82, 2.24) is 10.2 Å². The Morgan fingerprint density at radius 2 is 2.15 bits per heavy atom. The van der Waals surface area contributed by atoms with Gasteiger partial charge in [-0.05, 0) is 64.7 Å². The van der Waals surface area contributed by atoms with Crippen LogP contribution >= 0.6 is 0 Å². The molecule has 0 aliphatic carbocycles. The maximum Gasteiger partial charge on any atom is 0.305 e. The van der Waals surface area contributed by atoms with Crippen LogP contribution in [0, 0.1) is 5.92 Å². The third kappa shape index (κ3) is 7.85. The van der Waals surface area contributed by atoms with E-state index in [9.17, 15) is 4.79 Å². The Bertz CT molecular complexity index is 253. The van der Waals surface area contributed by atoms with Crippen LogP contribution in [-0.2, 0) is 9.53 Å². The molecule has 1 fully saturated rings. The van der Waals surface area contributed by atoms with Gasteiger partial charge in [-0.3, -0.25) is 4.79 Å². The van der Waals surface area contributed by atoms with Gasteiger partial charge in [0.1, 0.15) is 0 Å². The molecule has 20 heavy (non-hydrogen) atoms. The molecule has 0 radical (unpaired) electrons. The number of nitrogens with zero attached hydrogens (tertiary/aromatic N) is 1. The molecule has 0 bridgehead atoms. The van der Waals surface area contributed by atoms with Gasteiger partial charge in [0.2, 0.25) is 0 Å². The molecular formula is C16H32N2O2. The summed E-state index contributed by atoms with van der Waals surface area (Å²) in [5.74, 6) is 0.774. The molecule has 1 aliphatic rings. The fourth-order valence-electron chi connectivity index (χ4n) is 2.84. The first-order valence-electron chi connectivity index (χ1n) is 8.35. The SMILES string of the molecule is CCOC(=O)CCCCCN(CC)CC1CCCNC1. The van der Waals surface area contributed by atoms with E-state index in [2.05, 4.69) is 17.1 Å². The number of nitrogens with one attached hydrogen (secondary N) is 1. The van der Waals surface area contributed by atoms with Gasteiger partial charge >= 0.3 is 5.97 Å². The quantitative estimate of drug-likeness (QED) is 0.494. The van der Waals surface area contributed by atoms with Crippen LogP contribution in [0.2, 0.25) is 0 Å². The second-order valence-corrected chi connectivity index (χ2v) is 5.72. The van der Waals surface area contributed by atoms with Crippen LogP contribution < -0.4 is 5.32 Å². The van der Waals surface area contributed by atoms with Crippen molar-refractivity contribution in [2.45, 2.75) is 52.4 Å². The fourth-order valence-corrected chi connectivity index (χ4v) is 2.84.